The van der Waals surface area contributed by atoms with Crippen LogP contribution in [0.2, 0.25) is 0 Å². The fourth-order valence-corrected chi connectivity index (χ4v) is 1.79. The molecule has 0 radical (unpaired) electrons. The van der Waals surface area contributed by atoms with Gasteiger partial charge in [-0.25, -0.2) is 4.99 Å². The first kappa shape index (κ1) is 16.3. The van der Waals surface area contributed by atoms with E-state index in [0.29, 0.717) is 17.9 Å². The molecule has 0 heterocycles. The number of amides is 1. The Kier molecular flexibility index (Phi) is 5.79. The molecule has 110 valence electrons. The minimum atomic E-state index is -1.06. The zero-order chi connectivity index (χ0) is 15.2. The second-order valence-electron chi connectivity index (χ2n) is 4.13. The smallest absolute Gasteiger partial charge is 0.310 e. The van der Waals surface area contributed by atoms with Crippen LogP contribution >= 0.6 is 0 Å². The predicted octanol–water partition coefficient (Wildman–Crippen LogP) is 1.41. The largest absolute Gasteiger partial charge is 0.466 e. The van der Waals surface area contributed by atoms with E-state index in [4.69, 9.17) is 14.2 Å². The summed E-state index contributed by atoms with van der Waals surface area (Å²) in [6.45, 7) is 3.37. The van der Waals surface area contributed by atoms with Gasteiger partial charge in [0, 0.05) is 21.1 Å². The minimum absolute atomic E-state index is 0.00123. The van der Waals surface area contributed by atoms with Crippen LogP contribution in [0.3, 0.4) is 0 Å². The highest BCUT2D eigenvalue weighted by atomic mass is 16.7. The Morgan fingerprint density at radius 3 is 2.45 bits per heavy atom. The van der Waals surface area contributed by atoms with Gasteiger partial charge in [0.05, 0.1) is 18.7 Å². The first-order valence-electron chi connectivity index (χ1n) is 6.23. The third-order valence-electron chi connectivity index (χ3n) is 2.73. The Morgan fingerprint density at radius 1 is 1.30 bits per heavy atom. The summed E-state index contributed by atoms with van der Waals surface area (Å²) in [5.74, 6) is -1.80. The van der Waals surface area contributed by atoms with Crippen LogP contribution in [0, 0.1) is 0 Å². The van der Waals surface area contributed by atoms with Gasteiger partial charge in [0.15, 0.2) is 0 Å². The van der Waals surface area contributed by atoms with Gasteiger partial charge in [-0.3, -0.25) is 9.59 Å². The number of carbonyl (C=O) groups excluding carboxylic acids is 2. The van der Waals surface area contributed by atoms with Crippen LogP contribution in [-0.4, -0.2) is 44.2 Å². The second-order valence-corrected chi connectivity index (χ2v) is 4.13. The number of carbonyl (C=O) groups is 2. The normalized spacial score (nSPS) is 18.8. The van der Waals surface area contributed by atoms with Crippen LogP contribution in [0.1, 0.15) is 20.3 Å². The first-order valence-corrected chi connectivity index (χ1v) is 6.23. The summed E-state index contributed by atoms with van der Waals surface area (Å²) in [5.41, 5.74) is 0.945. The Labute approximate surface area is 118 Å². The number of hydrogen-bond acceptors (Lipinski definition) is 5. The topological polar surface area (TPSA) is 74.2 Å². The summed E-state index contributed by atoms with van der Waals surface area (Å²) in [7, 11) is 2.97. The minimum Gasteiger partial charge on any atom is -0.466 e. The summed E-state index contributed by atoms with van der Waals surface area (Å²) < 4.78 is 15.5. The van der Waals surface area contributed by atoms with Gasteiger partial charge in [0.25, 0.3) is 0 Å². The van der Waals surface area contributed by atoms with Gasteiger partial charge in [0.1, 0.15) is 0 Å². The molecule has 1 aliphatic carbocycles. The van der Waals surface area contributed by atoms with E-state index in [9.17, 15) is 9.59 Å². The van der Waals surface area contributed by atoms with Crippen LogP contribution in [0.15, 0.2) is 28.8 Å². The van der Waals surface area contributed by atoms with Crippen molar-refractivity contribution in [2.75, 3.05) is 20.8 Å². The van der Waals surface area contributed by atoms with Crippen LogP contribution in [0.4, 0.5) is 0 Å². The quantitative estimate of drug-likeness (QED) is 0.562. The Bertz CT molecular complexity index is 472. The molecule has 0 bridgehead atoms. The maximum Gasteiger partial charge on any atom is 0.310 e. The molecule has 0 spiro atoms. The number of ether oxygens (including phenoxy) is 3. The summed E-state index contributed by atoms with van der Waals surface area (Å²) >= 11 is 0. The monoisotopic (exact) mass is 281 g/mol. The number of nitrogens with zero attached hydrogens (tertiary/aromatic N) is 1. The Morgan fingerprint density at radius 2 is 1.95 bits per heavy atom. The highest BCUT2D eigenvalue weighted by molar-refractivity contribution is 6.15. The van der Waals surface area contributed by atoms with Gasteiger partial charge in [-0.1, -0.05) is 0 Å². The van der Waals surface area contributed by atoms with Gasteiger partial charge in [-0.15, -0.1) is 0 Å². The van der Waals surface area contributed by atoms with Crippen molar-refractivity contribution in [3.8, 4) is 0 Å². The average molecular weight is 281 g/mol. The van der Waals surface area contributed by atoms with E-state index < -0.39 is 11.8 Å². The standard InChI is InChI=1S/C14H19NO5/c1-5-20-13(17)8-11-9-14(18-3,19-4)7-6-12(11)15-10(2)16/h6-7,9H,5,8H2,1-4H3. The highest BCUT2D eigenvalue weighted by Crippen LogP contribution is 2.25. The first-order chi connectivity index (χ1) is 9.46. The molecule has 6 heteroatoms. The number of aliphatic imine (C=N–C) groups is 1. The van der Waals surface area contributed by atoms with Crippen molar-refractivity contribution in [3.05, 3.63) is 23.8 Å². The number of hydrogen-bond donors (Lipinski definition) is 0. The van der Waals surface area contributed by atoms with Crippen molar-refractivity contribution < 1.29 is 23.8 Å². The molecule has 1 amide bonds. The molecule has 0 aromatic carbocycles. The van der Waals surface area contributed by atoms with Crippen molar-refractivity contribution in [1.82, 2.24) is 0 Å². The zero-order valence-electron chi connectivity index (χ0n) is 12.1. The SMILES string of the molecule is CCOC(=O)CC1=CC(OC)(OC)C=CC1=NC(C)=O. The number of allylic oxidation sites excluding steroid dienone is 1. The summed E-state index contributed by atoms with van der Waals surface area (Å²) in [5, 5.41) is 0. The van der Waals surface area contributed by atoms with Crippen molar-refractivity contribution in [2.24, 2.45) is 4.99 Å². The lowest BCUT2D eigenvalue weighted by molar-refractivity contribution is -0.142. The van der Waals surface area contributed by atoms with Crippen LogP contribution in [0.5, 0.6) is 0 Å². The molecule has 0 unspecified atom stereocenters. The summed E-state index contributed by atoms with van der Waals surface area (Å²) in [6.07, 6.45) is 4.84. The van der Waals surface area contributed by atoms with E-state index in [2.05, 4.69) is 4.99 Å². The number of rotatable bonds is 5. The van der Waals surface area contributed by atoms with Crippen molar-refractivity contribution in [1.29, 1.82) is 0 Å². The van der Waals surface area contributed by atoms with E-state index >= 15 is 0 Å². The van der Waals surface area contributed by atoms with Gasteiger partial charge >= 0.3 is 5.97 Å². The van der Waals surface area contributed by atoms with Gasteiger partial charge in [-0.2, -0.15) is 0 Å². The van der Waals surface area contributed by atoms with Gasteiger partial charge in [0.2, 0.25) is 11.7 Å². The molecule has 6 nitrogen and oxygen atoms in total. The maximum atomic E-state index is 11.6. The van der Waals surface area contributed by atoms with Crippen molar-refractivity contribution >= 4 is 17.6 Å². The van der Waals surface area contributed by atoms with E-state index in [1.165, 1.54) is 21.1 Å². The lowest BCUT2D eigenvalue weighted by atomic mass is 9.96. The van der Waals surface area contributed by atoms with Gasteiger partial charge < -0.3 is 14.2 Å². The number of methoxy groups -OCH3 is 2. The fourth-order valence-electron chi connectivity index (χ4n) is 1.79. The summed E-state index contributed by atoms with van der Waals surface area (Å²) in [6, 6.07) is 0. The number of esters is 1. The zero-order valence-corrected chi connectivity index (χ0v) is 12.1. The van der Waals surface area contributed by atoms with Crippen LogP contribution < -0.4 is 0 Å². The second kappa shape index (κ2) is 7.12. The van der Waals surface area contributed by atoms with Crippen LogP contribution in [-0.2, 0) is 23.8 Å². The molecule has 20 heavy (non-hydrogen) atoms. The molecule has 1 rings (SSSR count). The average Bonchev–Trinajstić information content (AvgIpc) is 2.41. The van der Waals surface area contributed by atoms with E-state index in [1.807, 2.05) is 0 Å². The van der Waals surface area contributed by atoms with Crippen molar-refractivity contribution in [3.63, 3.8) is 0 Å². The molecule has 0 N–H and O–H groups in total. The predicted molar refractivity (Wildman–Crippen MR) is 73.3 cm³/mol. The Balaban J connectivity index is 3.09. The van der Waals surface area contributed by atoms with Gasteiger partial charge in [-0.05, 0) is 30.7 Å². The van der Waals surface area contributed by atoms with E-state index in [1.54, 1.807) is 25.2 Å². The third kappa shape index (κ3) is 4.11. The lowest BCUT2D eigenvalue weighted by Crippen LogP contribution is -2.33. The molecule has 0 aromatic rings. The summed E-state index contributed by atoms with van der Waals surface area (Å²) in [4.78, 5) is 26.6. The molecule has 0 aromatic heterocycles. The highest BCUT2D eigenvalue weighted by Gasteiger charge is 2.29. The van der Waals surface area contributed by atoms with Crippen molar-refractivity contribution in [2.45, 2.75) is 26.1 Å². The van der Waals surface area contributed by atoms with E-state index in [0.717, 1.165) is 0 Å². The fraction of sp³-hybridized carbons (Fsp3) is 0.500. The lowest BCUT2D eigenvalue weighted by Gasteiger charge is -2.28. The third-order valence-corrected chi connectivity index (χ3v) is 2.73. The molecule has 0 atom stereocenters. The molecule has 1 aliphatic rings. The van der Waals surface area contributed by atoms with E-state index in [-0.39, 0.29) is 12.3 Å². The molecule has 0 fully saturated rings. The molecular formula is C14H19NO5. The maximum absolute atomic E-state index is 11.6. The molecular weight excluding hydrogens is 262 g/mol. The van der Waals surface area contributed by atoms with Crippen LogP contribution in [0.25, 0.3) is 0 Å². The Hall–Kier alpha value is -1.79. The molecule has 0 saturated heterocycles. The molecule has 0 aliphatic heterocycles. The molecule has 0 saturated carbocycles.